The number of nitrogens with one attached hydrogen (secondary N) is 1. The second-order valence-electron chi connectivity index (χ2n) is 8.60. The number of hydrogen-bond donors (Lipinski definition) is 1. The molecule has 1 atom stereocenters. The highest BCUT2D eigenvalue weighted by molar-refractivity contribution is 5.78. The summed E-state index contributed by atoms with van der Waals surface area (Å²) >= 11 is 0. The molecule has 0 radical (unpaired) electrons. The molecule has 4 rings (SSSR count). The van der Waals surface area contributed by atoms with E-state index in [9.17, 15) is 9.18 Å². The van der Waals surface area contributed by atoms with Crippen molar-refractivity contribution in [2.45, 2.75) is 25.4 Å². The lowest BCUT2D eigenvalue weighted by atomic mass is 9.96. The summed E-state index contributed by atoms with van der Waals surface area (Å²) in [5, 5.41) is 3.12. The molecule has 3 aromatic rings. The Morgan fingerprint density at radius 2 is 1.69 bits per heavy atom. The fourth-order valence-corrected chi connectivity index (χ4v) is 4.30. The first-order valence-electron chi connectivity index (χ1n) is 11.1. The van der Waals surface area contributed by atoms with Crippen molar-refractivity contribution in [2.24, 2.45) is 0 Å². The molecule has 1 amide bonds. The Hall–Kier alpha value is -3.18. The predicted octanol–water partition coefficient (Wildman–Crippen LogP) is 4.35. The number of carbonyl (C=O) groups excluding carboxylic acids is 1. The largest absolute Gasteiger partial charge is 0.378 e. The van der Waals surface area contributed by atoms with Crippen molar-refractivity contribution in [1.29, 1.82) is 0 Å². The molecule has 1 heterocycles. The first-order chi connectivity index (χ1) is 15.5. The molecule has 1 aliphatic rings. The van der Waals surface area contributed by atoms with Crippen LogP contribution in [0.4, 0.5) is 10.1 Å². The van der Waals surface area contributed by atoms with Gasteiger partial charge in [0, 0.05) is 39.4 Å². The first kappa shape index (κ1) is 22.0. The standard InChI is InChI=1S/C27H30FN3O/c1-30(2)25-13-9-22(10-14-25)26(31-16-15-21-5-3-4-6-23(21)19-31)18-29-27(32)17-20-7-11-24(28)12-8-20/h3-14,26H,15-19H2,1-2H3,(H,29,32). The molecule has 0 fully saturated rings. The maximum absolute atomic E-state index is 13.1. The van der Waals surface area contributed by atoms with E-state index in [0.29, 0.717) is 6.54 Å². The van der Waals surface area contributed by atoms with Gasteiger partial charge in [-0.1, -0.05) is 48.5 Å². The fraction of sp³-hybridized carbons (Fsp3) is 0.296. The average Bonchev–Trinajstić information content (AvgIpc) is 2.81. The third kappa shape index (κ3) is 5.35. The van der Waals surface area contributed by atoms with Crippen molar-refractivity contribution in [3.8, 4) is 0 Å². The molecule has 0 saturated heterocycles. The van der Waals surface area contributed by atoms with Crippen molar-refractivity contribution >= 4 is 11.6 Å². The van der Waals surface area contributed by atoms with E-state index in [1.807, 2.05) is 14.1 Å². The molecule has 0 aliphatic carbocycles. The minimum atomic E-state index is -0.291. The van der Waals surface area contributed by atoms with Gasteiger partial charge in [0.05, 0.1) is 12.5 Å². The molecule has 1 N–H and O–H groups in total. The third-order valence-corrected chi connectivity index (χ3v) is 6.17. The van der Waals surface area contributed by atoms with Gasteiger partial charge >= 0.3 is 0 Å². The molecular weight excluding hydrogens is 401 g/mol. The number of benzene rings is 3. The van der Waals surface area contributed by atoms with Crippen LogP contribution >= 0.6 is 0 Å². The summed E-state index contributed by atoms with van der Waals surface area (Å²) < 4.78 is 13.1. The Balaban J connectivity index is 1.49. The van der Waals surface area contributed by atoms with Gasteiger partial charge in [0.2, 0.25) is 5.91 Å². The van der Waals surface area contributed by atoms with Crippen LogP contribution in [0.3, 0.4) is 0 Å². The topological polar surface area (TPSA) is 35.6 Å². The van der Waals surface area contributed by atoms with Gasteiger partial charge in [0.15, 0.2) is 0 Å². The molecule has 3 aromatic carbocycles. The van der Waals surface area contributed by atoms with Crippen LogP contribution in [0.2, 0.25) is 0 Å². The molecule has 1 unspecified atom stereocenters. The second-order valence-corrected chi connectivity index (χ2v) is 8.60. The molecule has 5 heteroatoms. The van der Waals surface area contributed by atoms with Gasteiger partial charge in [-0.15, -0.1) is 0 Å². The number of fused-ring (bicyclic) bond motifs is 1. The predicted molar refractivity (Wildman–Crippen MR) is 127 cm³/mol. The van der Waals surface area contributed by atoms with E-state index in [0.717, 1.165) is 30.8 Å². The molecule has 0 saturated carbocycles. The van der Waals surface area contributed by atoms with E-state index >= 15 is 0 Å². The van der Waals surface area contributed by atoms with E-state index in [-0.39, 0.29) is 24.2 Å². The van der Waals surface area contributed by atoms with Gasteiger partial charge in [0.1, 0.15) is 5.82 Å². The Morgan fingerprint density at radius 3 is 2.38 bits per heavy atom. The highest BCUT2D eigenvalue weighted by atomic mass is 19.1. The maximum Gasteiger partial charge on any atom is 0.224 e. The summed E-state index contributed by atoms with van der Waals surface area (Å²) in [6, 6.07) is 23.3. The average molecular weight is 432 g/mol. The van der Waals surface area contributed by atoms with E-state index in [1.165, 1.54) is 28.8 Å². The van der Waals surface area contributed by atoms with Crippen LogP contribution in [0.15, 0.2) is 72.8 Å². The fourth-order valence-electron chi connectivity index (χ4n) is 4.30. The number of amides is 1. The molecule has 0 spiro atoms. The van der Waals surface area contributed by atoms with Gasteiger partial charge in [-0.3, -0.25) is 9.69 Å². The number of halogens is 1. The van der Waals surface area contributed by atoms with Crippen LogP contribution in [-0.2, 0) is 24.2 Å². The minimum Gasteiger partial charge on any atom is -0.378 e. The van der Waals surface area contributed by atoms with Crippen molar-refractivity contribution < 1.29 is 9.18 Å². The smallest absolute Gasteiger partial charge is 0.224 e. The number of rotatable bonds is 7. The number of nitrogens with zero attached hydrogens (tertiary/aromatic N) is 2. The molecule has 4 nitrogen and oxygen atoms in total. The maximum atomic E-state index is 13.1. The summed E-state index contributed by atoms with van der Waals surface area (Å²) in [4.78, 5) is 17.2. The Morgan fingerprint density at radius 1 is 1.00 bits per heavy atom. The number of carbonyl (C=O) groups is 1. The van der Waals surface area contributed by atoms with E-state index in [2.05, 4.69) is 63.6 Å². The van der Waals surface area contributed by atoms with E-state index in [4.69, 9.17) is 0 Å². The lowest BCUT2D eigenvalue weighted by Crippen LogP contribution is -2.41. The summed E-state index contributed by atoms with van der Waals surface area (Å²) in [7, 11) is 4.06. The zero-order valence-corrected chi connectivity index (χ0v) is 18.7. The van der Waals surface area contributed by atoms with Gasteiger partial charge < -0.3 is 10.2 Å². The minimum absolute atomic E-state index is 0.0519. The van der Waals surface area contributed by atoms with Crippen LogP contribution in [-0.4, -0.2) is 38.0 Å². The first-order valence-corrected chi connectivity index (χ1v) is 11.1. The summed E-state index contributed by atoms with van der Waals surface area (Å²) in [6.45, 7) is 2.35. The van der Waals surface area contributed by atoms with Crippen LogP contribution in [0.1, 0.15) is 28.3 Å². The van der Waals surface area contributed by atoms with Crippen molar-refractivity contribution in [2.75, 3.05) is 32.1 Å². The molecule has 0 bridgehead atoms. The Labute approximate surface area is 189 Å². The van der Waals surface area contributed by atoms with Crippen molar-refractivity contribution in [1.82, 2.24) is 10.2 Å². The zero-order valence-electron chi connectivity index (χ0n) is 18.7. The highest BCUT2D eigenvalue weighted by Gasteiger charge is 2.25. The van der Waals surface area contributed by atoms with Gasteiger partial charge in [-0.2, -0.15) is 0 Å². The molecule has 32 heavy (non-hydrogen) atoms. The monoisotopic (exact) mass is 431 g/mol. The SMILES string of the molecule is CN(C)c1ccc(C(CNC(=O)Cc2ccc(F)cc2)N2CCc3ccccc3C2)cc1. The zero-order chi connectivity index (χ0) is 22.5. The lowest BCUT2D eigenvalue weighted by Gasteiger charge is -2.36. The summed E-state index contributed by atoms with van der Waals surface area (Å²) in [5.74, 6) is -0.343. The van der Waals surface area contributed by atoms with Crippen molar-refractivity contribution in [3.05, 3.63) is 101 Å². The van der Waals surface area contributed by atoms with Gasteiger partial charge in [-0.05, 0) is 52.9 Å². The van der Waals surface area contributed by atoms with Crippen LogP contribution in [0, 0.1) is 5.82 Å². The quantitative estimate of drug-likeness (QED) is 0.604. The van der Waals surface area contributed by atoms with Crippen LogP contribution in [0.5, 0.6) is 0 Å². The summed E-state index contributed by atoms with van der Waals surface area (Å²) in [5.41, 5.74) is 5.91. The van der Waals surface area contributed by atoms with Gasteiger partial charge in [0.25, 0.3) is 0 Å². The summed E-state index contributed by atoms with van der Waals surface area (Å²) in [6.07, 6.45) is 1.25. The van der Waals surface area contributed by atoms with Crippen LogP contribution < -0.4 is 10.2 Å². The molecular formula is C27H30FN3O. The highest BCUT2D eigenvalue weighted by Crippen LogP contribution is 2.28. The number of anilines is 1. The molecule has 0 aromatic heterocycles. The lowest BCUT2D eigenvalue weighted by molar-refractivity contribution is -0.120. The molecule has 1 aliphatic heterocycles. The van der Waals surface area contributed by atoms with Crippen LogP contribution in [0.25, 0.3) is 0 Å². The Bertz CT molecular complexity index is 1050. The third-order valence-electron chi connectivity index (χ3n) is 6.17. The Kier molecular flexibility index (Phi) is 6.86. The van der Waals surface area contributed by atoms with E-state index in [1.54, 1.807) is 12.1 Å². The normalized spacial score (nSPS) is 14.5. The molecule has 166 valence electrons. The number of hydrogen-bond acceptors (Lipinski definition) is 3. The van der Waals surface area contributed by atoms with Crippen molar-refractivity contribution in [3.63, 3.8) is 0 Å². The second kappa shape index (κ2) is 9.96. The van der Waals surface area contributed by atoms with E-state index < -0.39 is 0 Å². The van der Waals surface area contributed by atoms with Gasteiger partial charge in [-0.25, -0.2) is 4.39 Å².